The highest BCUT2D eigenvalue weighted by atomic mass is 32.1. The van der Waals surface area contributed by atoms with Crippen LogP contribution in [-0.4, -0.2) is 61.6 Å². The molecule has 8 heteroatoms. The lowest BCUT2D eigenvalue weighted by Crippen LogP contribution is -2.50. The lowest BCUT2D eigenvalue weighted by atomic mass is 10.0. The number of hydrogen-bond donors (Lipinski definition) is 1. The highest BCUT2D eigenvalue weighted by molar-refractivity contribution is 7.10. The van der Waals surface area contributed by atoms with Crippen molar-refractivity contribution in [2.75, 3.05) is 39.9 Å². The summed E-state index contributed by atoms with van der Waals surface area (Å²) < 4.78 is 11.5. The van der Waals surface area contributed by atoms with E-state index in [4.69, 9.17) is 9.47 Å². The van der Waals surface area contributed by atoms with Gasteiger partial charge in [0.05, 0.1) is 13.2 Å². The van der Waals surface area contributed by atoms with E-state index in [-0.39, 0.29) is 24.5 Å². The van der Waals surface area contributed by atoms with Crippen LogP contribution in [0.25, 0.3) is 0 Å². The van der Waals surface area contributed by atoms with Crippen LogP contribution >= 0.6 is 11.3 Å². The Morgan fingerprint density at radius 1 is 1.31 bits per heavy atom. The molecule has 1 aromatic carbocycles. The number of nitrogens with zero attached hydrogens (tertiary/aromatic N) is 2. The first-order valence-electron chi connectivity index (χ1n) is 10.8. The van der Waals surface area contributed by atoms with Gasteiger partial charge in [-0.15, -0.1) is 17.9 Å². The number of thiophene rings is 1. The van der Waals surface area contributed by atoms with Crippen LogP contribution in [0.1, 0.15) is 29.8 Å². The van der Waals surface area contributed by atoms with Gasteiger partial charge in [0.25, 0.3) is 0 Å². The first-order chi connectivity index (χ1) is 15.6. The number of benzene rings is 1. The number of carbonyl (C=O) groups excluding carboxylic acids is 2. The van der Waals surface area contributed by atoms with Crippen LogP contribution in [-0.2, 0) is 11.2 Å². The van der Waals surface area contributed by atoms with E-state index in [1.54, 1.807) is 24.5 Å². The predicted molar refractivity (Wildman–Crippen MR) is 126 cm³/mol. The highest BCUT2D eigenvalue weighted by Crippen LogP contribution is 2.35. The molecule has 0 aliphatic carbocycles. The summed E-state index contributed by atoms with van der Waals surface area (Å²) in [5.41, 5.74) is 1.11. The van der Waals surface area contributed by atoms with Crippen LogP contribution in [0.5, 0.6) is 11.5 Å². The third-order valence-corrected chi connectivity index (χ3v) is 6.37. The van der Waals surface area contributed by atoms with Gasteiger partial charge in [0, 0.05) is 24.5 Å². The maximum Gasteiger partial charge on any atom is 0.318 e. The molecule has 1 aliphatic rings. The third kappa shape index (κ3) is 5.62. The number of carbonyl (C=O) groups is 2. The van der Waals surface area contributed by atoms with Gasteiger partial charge in [0.2, 0.25) is 5.91 Å². The molecule has 0 radical (unpaired) electrons. The summed E-state index contributed by atoms with van der Waals surface area (Å²) in [6.45, 7) is 7.47. The number of amides is 3. The molecule has 2 aromatic rings. The van der Waals surface area contributed by atoms with Crippen LogP contribution in [0.4, 0.5) is 4.79 Å². The van der Waals surface area contributed by atoms with Gasteiger partial charge in [-0.05, 0) is 42.0 Å². The lowest BCUT2D eigenvalue weighted by molar-refractivity contribution is -0.135. The molecule has 0 spiro atoms. The Hall–Kier alpha value is -3.00. The summed E-state index contributed by atoms with van der Waals surface area (Å²) in [6.07, 6.45) is 3.26. The predicted octanol–water partition coefficient (Wildman–Crippen LogP) is 3.87. The van der Waals surface area contributed by atoms with E-state index in [1.807, 2.05) is 36.1 Å². The minimum absolute atomic E-state index is 0.00774. The van der Waals surface area contributed by atoms with Crippen molar-refractivity contribution in [2.45, 2.75) is 25.8 Å². The van der Waals surface area contributed by atoms with E-state index >= 15 is 0 Å². The van der Waals surface area contributed by atoms with Crippen LogP contribution in [0.2, 0.25) is 0 Å². The fourth-order valence-corrected chi connectivity index (χ4v) is 4.68. The van der Waals surface area contributed by atoms with E-state index in [2.05, 4.69) is 23.3 Å². The molecule has 1 N–H and O–H groups in total. The van der Waals surface area contributed by atoms with Crippen LogP contribution in [0, 0.1) is 0 Å². The van der Waals surface area contributed by atoms with E-state index < -0.39 is 0 Å². The van der Waals surface area contributed by atoms with Crippen molar-refractivity contribution in [3.63, 3.8) is 0 Å². The van der Waals surface area contributed by atoms with Gasteiger partial charge in [-0.2, -0.15) is 0 Å². The number of para-hydroxylation sites is 2. The maximum atomic E-state index is 13.3. The molecule has 2 heterocycles. The number of hydrogen-bond acceptors (Lipinski definition) is 5. The van der Waals surface area contributed by atoms with Gasteiger partial charge in [-0.3, -0.25) is 4.79 Å². The van der Waals surface area contributed by atoms with Crippen molar-refractivity contribution in [3.05, 3.63) is 58.8 Å². The molecule has 1 unspecified atom stereocenters. The summed E-state index contributed by atoms with van der Waals surface area (Å²) in [7, 11) is 1.60. The van der Waals surface area contributed by atoms with E-state index in [9.17, 15) is 9.59 Å². The molecule has 0 fully saturated rings. The number of ether oxygens (including phenoxy) is 2. The molecule has 1 aromatic heterocycles. The first-order valence-corrected chi connectivity index (χ1v) is 11.7. The number of fused-ring (bicyclic) bond motifs is 1. The molecule has 32 heavy (non-hydrogen) atoms. The second kappa shape index (κ2) is 11.6. The average molecular weight is 458 g/mol. The zero-order valence-corrected chi connectivity index (χ0v) is 19.5. The van der Waals surface area contributed by atoms with Gasteiger partial charge < -0.3 is 24.6 Å². The van der Waals surface area contributed by atoms with Crippen LogP contribution in [0.3, 0.4) is 0 Å². The minimum atomic E-state index is -0.254. The topological polar surface area (TPSA) is 71.1 Å². The minimum Gasteiger partial charge on any atom is -0.493 e. The third-order valence-electron chi connectivity index (χ3n) is 5.37. The van der Waals surface area contributed by atoms with Gasteiger partial charge in [0.1, 0.15) is 13.2 Å². The van der Waals surface area contributed by atoms with Crippen LogP contribution < -0.4 is 14.8 Å². The second-order valence-corrected chi connectivity index (χ2v) is 8.52. The summed E-state index contributed by atoms with van der Waals surface area (Å²) in [6, 6.07) is 9.05. The molecule has 172 valence electrons. The zero-order valence-electron chi connectivity index (χ0n) is 18.7. The van der Waals surface area contributed by atoms with Gasteiger partial charge in [0.15, 0.2) is 11.5 Å². The van der Waals surface area contributed by atoms with E-state index in [0.717, 1.165) is 18.4 Å². The fraction of sp³-hybridized carbons (Fsp3) is 0.417. The summed E-state index contributed by atoms with van der Waals surface area (Å²) in [5, 5.41) is 4.89. The van der Waals surface area contributed by atoms with Crippen molar-refractivity contribution in [1.29, 1.82) is 0 Å². The van der Waals surface area contributed by atoms with Gasteiger partial charge in [-0.1, -0.05) is 25.1 Å². The van der Waals surface area contributed by atoms with Crippen molar-refractivity contribution in [1.82, 2.24) is 15.1 Å². The Balaban J connectivity index is 1.76. The Kier molecular flexibility index (Phi) is 8.56. The largest absolute Gasteiger partial charge is 0.493 e. The molecule has 1 aliphatic heterocycles. The second-order valence-electron chi connectivity index (χ2n) is 7.52. The molecule has 0 saturated carbocycles. The SMILES string of the molecule is C=CCN(CC(=O)N1CCc2sccc2C1COc1ccccc1OC)C(=O)NCCC. The molecule has 0 bridgehead atoms. The molecule has 7 nitrogen and oxygen atoms in total. The van der Waals surface area contributed by atoms with Gasteiger partial charge >= 0.3 is 6.03 Å². The Morgan fingerprint density at radius 2 is 2.09 bits per heavy atom. The summed E-state index contributed by atoms with van der Waals surface area (Å²) in [4.78, 5) is 30.4. The quantitative estimate of drug-likeness (QED) is 0.550. The van der Waals surface area contributed by atoms with Crippen molar-refractivity contribution < 1.29 is 19.1 Å². The molecule has 0 saturated heterocycles. The zero-order chi connectivity index (χ0) is 22.9. The summed E-state index contributed by atoms with van der Waals surface area (Å²) >= 11 is 1.70. The maximum absolute atomic E-state index is 13.3. The van der Waals surface area contributed by atoms with Crippen molar-refractivity contribution in [2.24, 2.45) is 0 Å². The molecule has 1 atom stereocenters. The van der Waals surface area contributed by atoms with E-state index in [0.29, 0.717) is 37.7 Å². The van der Waals surface area contributed by atoms with Crippen molar-refractivity contribution >= 4 is 23.3 Å². The Bertz CT molecular complexity index is 929. The highest BCUT2D eigenvalue weighted by Gasteiger charge is 2.33. The fourth-order valence-electron chi connectivity index (χ4n) is 3.75. The molecular weight excluding hydrogens is 426 g/mol. The van der Waals surface area contributed by atoms with E-state index in [1.165, 1.54) is 9.78 Å². The number of urea groups is 1. The first kappa shape index (κ1) is 23.7. The van der Waals surface area contributed by atoms with Crippen LogP contribution in [0.15, 0.2) is 48.4 Å². The molecule has 3 amide bonds. The smallest absolute Gasteiger partial charge is 0.318 e. The number of rotatable bonds is 10. The van der Waals surface area contributed by atoms with Gasteiger partial charge in [-0.25, -0.2) is 4.79 Å². The Morgan fingerprint density at radius 3 is 2.81 bits per heavy atom. The lowest BCUT2D eigenvalue weighted by Gasteiger charge is -2.37. The normalized spacial score (nSPS) is 14.9. The average Bonchev–Trinajstić information content (AvgIpc) is 3.30. The molecular formula is C24H31N3O4S. The number of methoxy groups -OCH3 is 1. The number of nitrogens with one attached hydrogen (secondary N) is 1. The Labute approximate surface area is 193 Å². The van der Waals surface area contributed by atoms with Crippen molar-refractivity contribution in [3.8, 4) is 11.5 Å². The summed E-state index contributed by atoms with van der Waals surface area (Å²) in [5.74, 6) is 1.18. The standard InChI is InChI=1S/C24H31N3O4S/c1-4-12-25-24(29)26(13-5-2)16-23(28)27-14-10-22-18(11-15-32-22)19(27)17-31-21-9-7-6-8-20(21)30-3/h5-9,11,15,19H,2,4,10,12-14,16-17H2,1,3H3,(H,25,29). The molecule has 3 rings (SSSR count). The monoisotopic (exact) mass is 457 g/mol.